The summed E-state index contributed by atoms with van der Waals surface area (Å²) in [5, 5.41) is 4.10. The molecule has 4 rings (SSSR count). The summed E-state index contributed by atoms with van der Waals surface area (Å²) in [5.74, 6) is 0.594. The summed E-state index contributed by atoms with van der Waals surface area (Å²) in [6.07, 6.45) is 5.10. The first-order valence-electron chi connectivity index (χ1n) is 13.0. The molecule has 1 aromatic heterocycles. The number of nitrogens with one attached hydrogen (secondary N) is 1. The Morgan fingerprint density at radius 1 is 1.08 bits per heavy atom. The maximum absolute atomic E-state index is 13.2. The van der Waals surface area contributed by atoms with Crippen molar-refractivity contribution in [2.75, 3.05) is 31.1 Å². The zero-order chi connectivity index (χ0) is 25.2. The molecule has 1 saturated heterocycles. The summed E-state index contributed by atoms with van der Waals surface area (Å²) in [6, 6.07) is 17.3. The van der Waals surface area contributed by atoms with E-state index in [4.69, 9.17) is 4.98 Å². The number of rotatable bonds is 12. The Morgan fingerprint density at radius 3 is 2.56 bits per heavy atom. The van der Waals surface area contributed by atoms with Crippen LogP contribution in [0.2, 0.25) is 0 Å². The quantitative estimate of drug-likeness (QED) is 0.370. The fourth-order valence-electron chi connectivity index (χ4n) is 4.50. The molecule has 0 spiro atoms. The van der Waals surface area contributed by atoms with Gasteiger partial charge in [-0.05, 0) is 42.5 Å². The zero-order valence-corrected chi connectivity index (χ0v) is 21.9. The fraction of sp³-hybridized carbons (Fsp3) is 0.464. The van der Waals surface area contributed by atoms with E-state index in [1.54, 1.807) is 12.1 Å². The van der Waals surface area contributed by atoms with Gasteiger partial charge in [0.05, 0.1) is 0 Å². The molecule has 192 valence electrons. The van der Waals surface area contributed by atoms with Crippen LogP contribution in [0.25, 0.3) is 0 Å². The number of nitrogens with zero attached hydrogens (tertiary/aromatic N) is 4. The number of likely N-dealkylation sites (tertiary alicyclic amines) is 1. The molecule has 6 nitrogen and oxygen atoms in total. The first-order valence-corrected chi connectivity index (χ1v) is 13.7. The van der Waals surface area contributed by atoms with E-state index in [-0.39, 0.29) is 17.8 Å². The van der Waals surface area contributed by atoms with Crippen molar-refractivity contribution in [2.24, 2.45) is 0 Å². The monoisotopic (exact) mass is 509 g/mol. The van der Waals surface area contributed by atoms with Gasteiger partial charge in [0.2, 0.25) is 11.0 Å². The molecule has 0 bridgehead atoms. The average molecular weight is 510 g/mol. The number of hydrogen-bond acceptors (Lipinski definition) is 6. The summed E-state index contributed by atoms with van der Waals surface area (Å²) in [7, 11) is 0. The van der Waals surface area contributed by atoms with E-state index in [1.807, 2.05) is 6.07 Å². The van der Waals surface area contributed by atoms with E-state index < -0.39 is 0 Å². The van der Waals surface area contributed by atoms with Gasteiger partial charge >= 0.3 is 0 Å². The summed E-state index contributed by atoms with van der Waals surface area (Å²) < 4.78 is 17.7. The summed E-state index contributed by atoms with van der Waals surface area (Å²) >= 11 is 1.37. The van der Waals surface area contributed by atoms with Gasteiger partial charge in [0.25, 0.3) is 0 Å². The molecule has 36 heavy (non-hydrogen) atoms. The van der Waals surface area contributed by atoms with Crippen LogP contribution in [-0.2, 0) is 17.8 Å². The third-order valence-corrected chi connectivity index (χ3v) is 7.41. The number of carbonyl (C=O) groups excluding carboxylic acids is 1. The fourth-order valence-corrected chi connectivity index (χ4v) is 5.23. The number of piperidine rings is 1. The van der Waals surface area contributed by atoms with Crippen LogP contribution >= 0.6 is 11.5 Å². The van der Waals surface area contributed by atoms with Gasteiger partial charge in [-0.25, -0.2) is 9.37 Å². The number of unbranched alkanes of at least 4 members (excludes halogenated alkanes) is 1. The minimum absolute atomic E-state index is 0.106. The smallest absolute Gasteiger partial charge is 0.221 e. The van der Waals surface area contributed by atoms with Gasteiger partial charge in [-0.1, -0.05) is 55.8 Å². The molecule has 2 aromatic carbocycles. The maximum Gasteiger partial charge on any atom is 0.221 e. The molecule has 0 saturated carbocycles. The molecular weight excluding hydrogens is 473 g/mol. The summed E-state index contributed by atoms with van der Waals surface area (Å²) in [4.78, 5) is 22.1. The number of amides is 1. The van der Waals surface area contributed by atoms with Crippen LogP contribution in [0.4, 0.5) is 9.52 Å². The molecule has 2 heterocycles. The normalized spacial score (nSPS) is 14.6. The van der Waals surface area contributed by atoms with E-state index in [0.29, 0.717) is 19.4 Å². The van der Waals surface area contributed by atoms with E-state index in [2.05, 4.69) is 50.7 Å². The second-order valence-electron chi connectivity index (χ2n) is 9.49. The molecule has 1 aliphatic rings. The van der Waals surface area contributed by atoms with Gasteiger partial charge in [-0.15, -0.1) is 0 Å². The minimum Gasteiger partial charge on any atom is -0.353 e. The average Bonchev–Trinajstić information content (AvgIpc) is 3.35. The van der Waals surface area contributed by atoms with Crippen molar-refractivity contribution < 1.29 is 9.18 Å². The molecular formula is C28H36FN5OS. The molecule has 1 amide bonds. The highest BCUT2D eigenvalue weighted by Gasteiger charge is 2.21. The lowest BCUT2D eigenvalue weighted by molar-refractivity contribution is -0.121. The van der Waals surface area contributed by atoms with Gasteiger partial charge in [0, 0.05) is 63.1 Å². The summed E-state index contributed by atoms with van der Waals surface area (Å²) in [5.41, 5.74) is 2.32. The molecule has 1 aliphatic heterocycles. The number of halogens is 1. The van der Waals surface area contributed by atoms with Gasteiger partial charge in [-0.3, -0.25) is 9.69 Å². The zero-order valence-electron chi connectivity index (χ0n) is 21.0. The van der Waals surface area contributed by atoms with E-state index in [9.17, 15) is 9.18 Å². The van der Waals surface area contributed by atoms with E-state index in [0.717, 1.165) is 68.4 Å². The lowest BCUT2D eigenvalue weighted by Gasteiger charge is -2.32. The van der Waals surface area contributed by atoms with Gasteiger partial charge in [0.1, 0.15) is 11.6 Å². The van der Waals surface area contributed by atoms with Crippen LogP contribution in [0.1, 0.15) is 56.0 Å². The predicted octanol–water partition coefficient (Wildman–Crippen LogP) is 5.05. The summed E-state index contributed by atoms with van der Waals surface area (Å²) in [6.45, 7) is 6.62. The first kappa shape index (κ1) is 26.2. The van der Waals surface area contributed by atoms with Crippen molar-refractivity contribution in [3.8, 4) is 0 Å². The highest BCUT2D eigenvalue weighted by Crippen LogP contribution is 2.20. The van der Waals surface area contributed by atoms with Crippen LogP contribution in [0.5, 0.6) is 0 Å². The van der Waals surface area contributed by atoms with Gasteiger partial charge in [0.15, 0.2) is 0 Å². The number of aromatic nitrogens is 2. The second kappa shape index (κ2) is 13.5. The molecule has 1 N–H and O–H groups in total. The number of hydrogen-bond donors (Lipinski definition) is 1. The standard InChI is InChI=1S/C28H36FN5OS/c1-2-3-16-34(28-31-26(32-36-28)20-22-9-11-24(29)12-10-22)19-15-27(35)30-25-13-17-33(18-14-25)21-23-7-5-4-6-8-23/h4-12,25H,2-3,13-21H2,1H3,(H,30,35). The van der Waals surface area contributed by atoms with Gasteiger partial charge < -0.3 is 10.2 Å². The topological polar surface area (TPSA) is 61.4 Å². The number of benzene rings is 2. The van der Waals surface area contributed by atoms with Crippen molar-refractivity contribution in [3.05, 3.63) is 77.4 Å². The third-order valence-electron chi connectivity index (χ3n) is 6.60. The molecule has 0 aliphatic carbocycles. The van der Waals surface area contributed by atoms with E-state index >= 15 is 0 Å². The second-order valence-corrected chi connectivity index (χ2v) is 10.2. The van der Waals surface area contributed by atoms with E-state index in [1.165, 1.54) is 29.2 Å². The number of anilines is 1. The first-order chi connectivity index (χ1) is 17.6. The molecule has 3 aromatic rings. The molecule has 0 atom stereocenters. The van der Waals surface area contributed by atoms with Crippen LogP contribution in [0.15, 0.2) is 54.6 Å². The van der Waals surface area contributed by atoms with Crippen molar-refractivity contribution in [3.63, 3.8) is 0 Å². The van der Waals surface area contributed by atoms with Crippen LogP contribution in [0.3, 0.4) is 0 Å². The molecule has 0 unspecified atom stereocenters. The Balaban J connectivity index is 1.23. The third kappa shape index (κ3) is 8.10. The molecule has 0 radical (unpaired) electrons. The Morgan fingerprint density at radius 2 is 1.83 bits per heavy atom. The largest absolute Gasteiger partial charge is 0.353 e. The Bertz CT molecular complexity index is 1070. The Hall–Kier alpha value is -2.84. The van der Waals surface area contributed by atoms with Gasteiger partial charge in [-0.2, -0.15) is 4.37 Å². The van der Waals surface area contributed by atoms with Crippen LogP contribution < -0.4 is 10.2 Å². The van der Waals surface area contributed by atoms with Crippen molar-refractivity contribution in [2.45, 2.75) is 58.0 Å². The lowest BCUT2D eigenvalue weighted by atomic mass is 10.0. The highest BCUT2D eigenvalue weighted by atomic mass is 32.1. The Kier molecular flexibility index (Phi) is 9.81. The Labute approximate surface area is 217 Å². The molecule has 1 fully saturated rings. The van der Waals surface area contributed by atoms with Crippen molar-refractivity contribution >= 4 is 22.6 Å². The van der Waals surface area contributed by atoms with Crippen LogP contribution in [0, 0.1) is 5.82 Å². The van der Waals surface area contributed by atoms with Crippen LogP contribution in [-0.4, -0.2) is 52.4 Å². The maximum atomic E-state index is 13.2. The molecule has 8 heteroatoms. The minimum atomic E-state index is -0.243. The number of carbonyl (C=O) groups is 1. The highest BCUT2D eigenvalue weighted by molar-refractivity contribution is 7.09. The lowest BCUT2D eigenvalue weighted by Crippen LogP contribution is -2.45. The van der Waals surface area contributed by atoms with Crippen molar-refractivity contribution in [1.82, 2.24) is 19.6 Å². The van der Waals surface area contributed by atoms with Crippen molar-refractivity contribution in [1.29, 1.82) is 0 Å². The predicted molar refractivity (Wildman–Crippen MR) is 144 cm³/mol. The SMILES string of the molecule is CCCCN(CCC(=O)NC1CCN(Cc2ccccc2)CC1)c1nc(Cc2ccc(F)cc2)ns1.